The predicted octanol–water partition coefficient (Wildman–Crippen LogP) is 1.81. The molecule has 1 amide bonds. The molecule has 0 saturated carbocycles. The first-order valence-corrected chi connectivity index (χ1v) is 6.69. The third-order valence-electron chi connectivity index (χ3n) is 3.77. The maximum atomic E-state index is 11.6. The average molecular weight is 299 g/mol. The highest BCUT2D eigenvalue weighted by molar-refractivity contribution is 5.83. The molecule has 2 aromatic rings. The van der Waals surface area contributed by atoms with Gasteiger partial charge in [-0.05, 0) is 23.1 Å². The van der Waals surface area contributed by atoms with Crippen LogP contribution >= 0.6 is 0 Å². The van der Waals surface area contributed by atoms with Gasteiger partial charge >= 0.3 is 12.1 Å². The molecule has 0 saturated heterocycles. The molecule has 0 aliphatic carbocycles. The van der Waals surface area contributed by atoms with Crippen molar-refractivity contribution in [2.24, 2.45) is 0 Å². The van der Waals surface area contributed by atoms with E-state index in [9.17, 15) is 19.8 Å². The molecule has 22 heavy (non-hydrogen) atoms. The number of nitrogens with zero attached hydrogens (tertiary/aromatic N) is 3. The molecule has 1 aromatic heterocycles. The molecular formula is C15H13N3O4. The predicted molar refractivity (Wildman–Crippen MR) is 76.3 cm³/mol. The van der Waals surface area contributed by atoms with E-state index in [0.717, 1.165) is 21.6 Å². The summed E-state index contributed by atoms with van der Waals surface area (Å²) in [6, 6.07) is 4.07. The third-order valence-corrected chi connectivity index (χ3v) is 3.77. The van der Waals surface area contributed by atoms with Crippen LogP contribution in [-0.4, -0.2) is 43.7 Å². The SMILES string of the molecule is O=C(O)C1c2cccc(-c3cncnc3)c2CCN1C(=O)O. The third kappa shape index (κ3) is 2.26. The summed E-state index contributed by atoms with van der Waals surface area (Å²) in [4.78, 5) is 31.7. The van der Waals surface area contributed by atoms with Crippen LogP contribution in [0.25, 0.3) is 11.1 Å². The number of hydrogen-bond donors (Lipinski definition) is 2. The lowest BCUT2D eigenvalue weighted by molar-refractivity contribution is -0.143. The minimum absolute atomic E-state index is 0.143. The van der Waals surface area contributed by atoms with Crippen LogP contribution in [0.5, 0.6) is 0 Å². The molecule has 1 aliphatic heterocycles. The second-order valence-electron chi connectivity index (χ2n) is 4.97. The van der Waals surface area contributed by atoms with Gasteiger partial charge in [0.2, 0.25) is 0 Å². The van der Waals surface area contributed by atoms with Gasteiger partial charge in [-0.15, -0.1) is 0 Å². The van der Waals surface area contributed by atoms with Crippen LogP contribution in [0.2, 0.25) is 0 Å². The molecule has 0 fully saturated rings. The van der Waals surface area contributed by atoms with E-state index in [1.165, 1.54) is 6.33 Å². The molecule has 1 atom stereocenters. The number of amides is 1. The van der Waals surface area contributed by atoms with Crippen molar-refractivity contribution in [1.82, 2.24) is 14.9 Å². The lowest BCUT2D eigenvalue weighted by atomic mass is 9.87. The lowest BCUT2D eigenvalue weighted by Gasteiger charge is -2.33. The van der Waals surface area contributed by atoms with E-state index in [1.807, 2.05) is 6.07 Å². The van der Waals surface area contributed by atoms with Crippen LogP contribution in [0, 0.1) is 0 Å². The van der Waals surface area contributed by atoms with Gasteiger partial charge in [-0.25, -0.2) is 19.6 Å². The molecule has 0 bridgehead atoms. The summed E-state index contributed by atoms with van der Waals surface area (Å²) in [6.45, 7) is 0.143. The molecule has 112 valence electrons. The number of carboxylic acid groups (broad SMARTS) is 2. The fourth-order valence-electron chi connectivity index (χ4n) is 2.85. The van der Waals surface area contributed by atoms with Gasteiger partial charge in [0.05, 0.1) is 0 Å². The summed E-state index contributed by atoms with van der Waals surface area (Å²) < 4.78 is 0. The zero-order valence-corrected chi connectivity index (χ0v) is 11.5. The molecule has 2 N–H and O–H groups in total. The van der Waals surface area contributed by atoms with Crippen LogP contribution in [0.15, 0.2) is 36.9 Å². The normalized spacial score (nSPS) is 16.9. The van der Waals surface area contributed by atoms with Crippen molar-refractivity contribution in [3.05, 3.63) is 48.0 Å². The first-order chi connectivity index (χ1) is 10.6. The maximum Gasteiger partial charge on any atom is 0.408 e. The molecule has 3 rings (SSSR count). The number of hydrogen-bond acceptors (Lipinski definition) is 4. The minimum Gasteiger partial charge on any atom is -0.479 e. The number of rotatable bonds is 2. The highest BCUT2D eigenvalue weighted by atomic mass is 16.4. The van der Waals surface area contributed by atoms with Gasteiger partial charge in [0, 0.05) is 24.5 Å². The number of aromatic nitrogens is 2. The van der Waals surface area contributed by atoms with E-state index in [2.05, 4.69) is 9.97 Å². The van der Waals surface area contributed by atoms with E-state index < -0.39 is 18.1 Å². The summed E-state index contributed by atoms with van der Waals surface area (Å²) in [6.07, 6.45) is 3.96. The van der Waals surface area contributed by atoms with E-state index in [-0.39, 0.29) is 6.54 Å². The molecule has 7 heteroatoms. The summed E-state index contributed by atoms with van der Waals surface area (Å²) in [7, 11) is 0. The average Bonchev–Trinajstić information content (AvgIpc) is 2.53. The largest absolute Gasteiger partial charge is 0.479 e. The Morgan fingerprint density at radius 1 is 1.18 bits per heavy atom. The second-order valence-corrected chi connectivity index (χ2v) is 4.97. The van der Waals surface area contributed by atoms with E-state index >= 15 is 0 Å². The molecule has 1 aliphatic rings. The Hall–Kier alpha value is -2.96. The first kappa shape index (κ1) is 14.0. The topological polar surface area (TPSA) is 104 Å². The number of carboxylic acids is 1. The number of carbonyl (C=O) groups is 2. The van der Waals surface area contributed by atoms with Crippen LogP contribution in [0.3, 0.4) is 0 Å². The Kier molecular flexibility index (Phi) is 3.46. The lowest BCUT2D eigenvalue weighted by Crippen LogP contribution is -2.42. The van der Waals surface area contributed by atoms with Crippen LogP contribution in [0.4, 0.5) is 4.79 Å². The van der Waals surface area contributed by atoms with Crippen molar-refractivity contribution >= 4 is 12.1 Å². The fourth-order valence-corrected chi connectivity index (χ4v) is 2.85. The molecule has 2 heterocycles. The summed E-state index contributed by atoms with van der Waals surface area (Å²) >= 11 is 0. The molecule has 1 unspecified atom stereocenters. The summed E-state index contributed by atoms with van der Waals surface area (Å²) in [5.74, 6) is -1.18. The van der Waals surface area contributed by atoms with Gasteiger partial charge in [-0.2, -0.15) is 0 Å². The van der Waals surface area contributed by atoms with Gasteiger partial charge in [0.1, 0.15) is 6.33 Å². The van der Waals surface area contributed by atoms with Gasteiger partial charge in [-0.1, -0.05) is 18.2 Å². The number of aliphatic carboxylic acids is 1. The molecule has 0 radical (unpaired) electrons. The molecular weight excluding hydrogens is 286 g/mol. The standard InChI is InChI=1S/C15H13N3O4/c19-14(20)13-12-3-1-2-10(9-6-16-8-17-7-9)11(12)4-5-18(13)15(21)22/h1-3,6-8,13H,4-5H2,(H,19,20)(H,21,22). The minimum atomic E-state index is -1.23. The Morgan fingerprint density at radius 3 is 2.55 bits per heavy atom. The van der Waals surface area contributed by atoms with Crippen molar-refractivity contribution in [1.29, 1.82) is 0 Å². The summed E-state index contributed by atoms with van der Waals surface area (Å²) in [5, 5.41) is 18.6. The molecule has 1 aromatic carbocycles. The van der Waals surface area contributed by atoms with E-state index in [0.29, 0.717) is 12.0 Å². The Morgan fingerprint density at radius 2 is 1.91 bits per heavy atom. The van der Waals surface area contributed by atoms with Crippen LogP contribution in [-0.2, 0) is 11.2 Å². The van der Waals surface area contributed by atoms with Gasteiger partial charge < -0.3 is 10.2 Å². The van der Waals surface area contributed by atoms with Crippen LogP contribution < -0.4 is 0 Å². The zero-order valence-electron chi connectivity index (χ0n) is 11.5. The quantitative estimate of drug-likeness (QED) is 0.876. The van der Waals surface area contributed by atoms with Crippen molar-refractivity contribution in [2.45, 2.75) is 12.5 Å². The fraction of sp³-hybridized carbons (Fsp3) is 0.200. The van der Waals surface area contributed by atoms with Gasteiger partial charge in [-0.3, -0.25) is 4.90 Å². The van der Waals surface area contributed by atoms with Gasteiger partial charge in [0.25, 0.3) is 0 Å². The van der Waals surface area contributed by atoms with Crippen molar-refractivity contribution in [3.8, 4) is 11.1 Å². The van der Waals surface area contributed by atoms with Crippen molar-refractivity contribution in [2.75, 3.05) is 6.54 Å². The highest BCUT2D eigenvalue weighted by Crippen LogP contribution is 2.35. The van der Waals surface area contributed by atoms with E-state index in [4.69, 9.17) is 0 Å². The second kappa shape index (κ2) is 5.44. The van der Waals surface area contributed by atoms with E-state index in [1.54, 1.807) is 24.5 Å². The van der Waals surface area contributed by atoms with Crippen molar-refractivity contribution in [3.63, 3.8) is 0 Å². The smallest absolute Gasteiger partial charge is 0.408 e. The molecule has 0 spiro atoms. The van der Waals surface area contributed by atoms with Crippen LogP contribution in [0.1, 0.15) is 17.2 Å². The monoisotopic (exact) mass is 299 g/mol. The van der Waals surface area contributed by atoms with Gasteiger partial charge in [0.15, 0.2) is 6.04 Å². The highest BCUT2D eigenvalue weighted by Gasteiger charge is 2.36. The number of fused-ring (bicyclic) bond motifs is 1. The Labute approximate surface area is 125 Å². The number of benzene rings is 1. The first-order valence-electron chi connectivity index (χ1n) is 6.69. The van der Waals surface area contributed by atoms with Crippen molar-refractivity contribution < 1.29 is 19.8 Å². The Balaban J connectivity index is 2.15. The molecule has 7 nitrogen and oxygen atoms in total. The Bertz CT molecular complexity index is 733. The maximum absolute atomic E-state index is 11.6. The zero-order chi connectivity index (χ0) is 15.7. The summed E-state index contributed by atoms with van der Waals surface area (Å²) in [5.41, 5.74) is 2.96.